The van der Waals surface area contributed by atoms with Crippen molar-refractivity contribution in [2.24, 2.45) is 0 Å². The van der Waals surface area contributed by atoms with E-state index in [1.54, 1.807) is 6.08 Å². The summed E-state index contributed by atoms with van der Waals surface area (Å²) in [6.07, 6.45) is 54.7. The van der Waals surface area contributed by atoms with Gasteiger partial charge in [0.1, 0.15) is 18.8 Å². The van der Waals surface area contributed by atoms with E-state index in [9.17, 15) is 34.5 Å². The number of hydrogen-bond donors (Lipinski definition) is 3. The van der Waals surface area contributed by atoms with Gasteiger partial charge in [-0.15, -0.1) is 0 Å². The highest BCUT2D eigenvalue weighted by Crippen LogP contribution is 2.26. The molecular formula is C65H110O12. The minimum Gasteiger partial charge on any atom is -0.479 e. The summed E-state index contributed by atoms with van der Waals surface area (Å²) in [5.41, 5.74) is 0. The van der Waals surface area contributed by atoms with Crippen LogP contribution in [0.1, 0.15) is 265 Å². The minimum absolute atomic E-state index is 0.0514. The first kappa shape index (κ1) is 71.2. The Bertz CT molecular complexity index is 1620. The summed E-state index contributed by atoms with van der Waals surface area (Å²) < 4.78 is 28.3. The molecule has 6 unspecified atom stereocenters. The molecule has 12 nitrogen and oxygen atoms in total. The van der Waals surface area contributed by atoms with Crippen molar-refractivity contribution in [2.75, 3.05) is 13.2 Å². The molecule has 1 rings (SSSR count). The maximum Gasteiger partial charge on any atom is 0.335 e. The molecule has 1 fully saturated rings. The highest BCUT2D eigenvalue weighted by atomic mass is 16.7. The van der Waals surface area contributed by atoms with E-state index in [4.69, 9.17) is 23.7 Å². The second-order valence-corrected chi connectivity index (χ2v) is 21.0. The van der Waals surface area contributed by atoms with Crippen LogP contribution in [0.3, 0.4) is 0 Å². The number of carboxylic acid groups (broad SMARTS) is 1. The summed E-state index contributed by atoms with van der Waals surface area (Å²) in [4.78, 5) is 51.1. The van der Waals surface area contributed by atoms with Crippen LogP contribution in [0.5, 0.6) is 0 Å². The number of hydrogen-bond acceptors (Lipinski definition) is 11. The van der Waals surface area contributed by atoms with E-state index >= 15 is 0 Å². The molecular weight excluding hydrogens is 973 g/mol. The SMILES string of the molecule is CC/C=C\C/C=C\C/C=C\C/C=C\C/C=C\CC(=O)OC(COC(=O)CCCCCCCCCCC/C=C\CCCCCCCC)COC1OC(C(=O)O)C(O)C(O)C1OC(=O)CCCCCCCCCCCCCCC. The Kier molecular flexibility index (Phi) is 48.8. The van der Waals surface area contributed by atoms with Gasteiger partial charge in [0.15, 0.2) is 24.6 Å². The second-order valence-electron chi connectivity index (χ2n) is 21.0. The standard InChI is InChI=1S/C65H110O12/c1-4-7-10-13-16-19-22-25-27-28-29-30-32-34-36-39-42-45-48-51-57(66)73-54-56(75-58(67)52-49-46-43-40-38-35-31-26-23-20-17-14-11-8-5-2)55-74-65-63(61(70)60(69)62(77-65)64(71)72)76-59(68)53-50-47-44-41-37-33-24-21-18-15-12-9-6-3/h8,11,17,20,25-27,31,38,40,46,49,56,60-63,65,69-70H,4-7,9-10,12-16,18-19,21-24,28-30,32-37,39,41-45,47-48,50-55H2,1-3H3,(H,71,72)/b11-8-,20-17-,27-25-,31-26-,40-38-,49-46-. The number of rotatable bonds is 52. The molecule has 0 aromatic carbocycles. The van der Waals surface area contributed by atoms with E-state index in [1.165, 1.54) is 135 Å². The van der Waals surface area contributed by atoms with Gasteiger partial charge in [0.05, 0.1) is 13.0 Å². The number of unbranched alkanes of at least 4 members (excludes halogenated alkanes) is 27. The van der Waals surface area contributed by atoms with Crippen LogP contribution in [-0.2, 0) is 42.9 Å². The lowest BCUT2D eigenvalue weighted by Gasteiger charge is -2.40. The fourth-order valence-electron chi connectivity index (χ4n) is 9.09. The quantitative estimate of drug-likeness (QED) is 0.0228. The summed E-state index contributed by atoms with van der Waals surface area (Å²) in [7, 11) is 0. The number of carboxylic acids is 1. The van der Waals surface area contributed by atoms with E-state index in [0.717, 1.165) is 70.6 Å². The molecule has 1 aliphatic heterocycles. The summed E-state index contributed by atoms with van der Waals surface area (Å²) in [6.45, 7) is 5.80. The summed E-state index contributed by atoms with van der Waals surface area (Å²) in [5.74, 6) is -3.28. The molecule has 1 saturated heterocycles. The minimum atomic E-state index is -1.92. The number of allylic oxidation sites excluding steroid dienone is 11. The molecule has 442 valence electrons. The molecule has 3 N–H and O–H groups in total. The van der Waals surface area contributed by atoms with Crippen molar-refractivity contribution in [3.05, 3.63) is 72.9 Å². The average Bonchev–Trinajstić information content (AvgIpc) is 3.41. The van der Waals surface area contributed by atoms with Crippen LogP contribution in [-0.4, -0.2) is 89.2 Å². The Morgan fingerprint density at radius 1 is 0.455 bits per heavy atom. The molecule has 0 aromatic heterocycles. The van der Waals surface area contributed by atoms with Gasteiger partial charge in [-0.1, -0.05) is 248 Å². The lowest BCUT2D eigenvalue weighted by molar-refractivity contribution is -0.301. The fraction of sp³-hybridized carbons (Fsp3) is 0.754. The Labute approximate surface area is 468 Å². The third kappa shape index (κ3) is 42.7. The third-order valence-corrected chi connectivity index (χ3v) is 13.8. The smallest absolute Gasteiger partial charge is 0.335 e. The van der Waals surface area contributed by atoms with Gasteiger partial charge in [-0.05, 0) is 70.6 Å². The first-order valence-electron chi connectivity index (χ1n) is 30.9. The van der Waals surface area contributed by atoms with E-state index in [0.29, 0.717) is 19.3 Å². The maximum atomic E-state index is 13.1. The van der Waals surface area contributed by atoms with Crippen molar-refractivity contribution < 1.29 is 58.2 Å². The molecule has 0 saturated carbocycles. The topological polar surface area (TPSA) is 175 Å². The van der Waals surface area contributed by atoms with E-state index in [2.05, 4.69) is 75.5 Å². The molecule has 0 radical (unpaired) electrons. The molecule has 6 atom stereocenters. The van der Waals surface area contributed by atoms with Crippen LogP contribution in [0.4, 0.5) is 0 Å². The van der Waals surface area contributed by atoms with Gasteiger partial charge in [0, 0.05) is 12.8 Å². The number of aliphatic hydroxyl groups excluding tert-OH is 2. The van der Waals surface area contributed by atoms with Crippen LogP contribution < -0.4 is 0 Å². The van der Waals surface area contributed by atoms with Crippen LogP contribution in [0.25, 0.3) is 0 Å². The van der Waals surface area contributed by atoms with Gasteiger partial charge >= 0.3 is 23.9 Å². The second kappa shape index (κ2) is 52.8. The van der Waals surface area contributed by atoms with Crippen LogP contribution in [0, 0.1) is 0 Å². The fourth-order valence-corrected chi connectivity index (χ4v) is 9.09. The number of aliphatic carboxylic acids is 1. The molecule has 77 heavy (non-hydrogen) atoms. The molecule has 0 amide bonds. The maximum absolute atomic E-state index is 13.1. The van der Waals surface area contributed by atoms with Crippen molar-refractivity contribution in [3.63, 3.8) is 0 Å². The number of esters is 3. The number of aliphatic hydroxyl groups is 2. The molecule has 0 aromatic rings. The molecule has 0 spiro atoms. The number of ether oxygens (including phenoxy) is 5. The average molecular weight is 1080 g/mol. The first-order valence-corrected chi connectivity index (χ1v) is 30.9. The van der Waals surface area contributed by atoms with Crippen LogP contribution in [0.2, 0.25) is 0 Å². The molecule has 0 aliphatic carbocycles. The largest absolute Gasteiger partial charge is 0.479 e. The van der Waals surface area contributed by atoms with Crippen molar-refractivity contribution >= 4 is 23.9 Å². The molecule has 12 heteroatoms. The van der Waals surface area contributed by atoms with Crippen molar-refractivity contribution in [3.8, 4) is 0 Å². The normalized spacial score (nSPS) is 18.5. The van der Waals surface area contributed by atoms with Crippen LogP contribution >= 0.6 is 0 Å². The molecule has 1 aliphatic rings. The summed E-state index contributed by atoms with van der Waals surface area (Å²) in [6, 6.07) is 0. The number of carbonyl (C=O) groups excluding carboxylic acids is 3. The lowest BCUT2D eigenvalue weighted by atomic mass is 9.98. The predicted octanol–water partition coefficient (Wildman–Crippen LogP) is 16.1. The Morgan fingerprint density at radius 3 is 1.30 bits per heavy atom. The zero-order chi connectivity index (χ0) is 56.1. The van der Waals surface area contributed by atoms with Crippen molar-refractivity contribution in [1.82, 2.24) is 0 Å². The van der Waals surface area contributed by atoms with Gasteiger partial charge < -0.3 is 39.0 Å². The highest BCUT2D eigenvalue weighted by Gasteiger charge is 2.50. The number of carbonyl (C=O) groups is 4. The monoisotopic (exact) mass is 1080 g/mol. The van der Waals surface area contributed by atoms with Gasteiger partial charge in [-0.3, -0.25) is 14.4 Å². The zero-order valence-electron chi connectivity index (χ0n) is 48.7. The van der Waals surface area contributed by atoms with E-state index in [-0.39, 0.29) is 25.9 Å². The molecule has 1 heterocycles. The summed E-state index contributed by atoms with van der Waals surface area (Å²) >= 11 is 0. The highest BCUT2D eigenvalue weighted by molar-refractivity contribution is 5.74. The Hall–Kier alpha value is -3.84. The lowest BCUT2D eigenvalue weighted by Crippen LogP contribution is -2.61. The van der Waals surface area contributed by atoms with Gasteiger partial charge in [-0.2, -0.15) is 0 Å². The van der Waals surface area contributed by atoms with E-state index in [1.807, 2.05) is 12.2 Å². The van der Waals surface area contributed by atoms with Gasteiger partial charge in [0.25, 0.3) is 0 Å². The van der Waals surface area contributed by atoms with Crippen LogP contribution in [0.15, 0.2) is 72.9 Å². The van der Waals surface area contributed by atoms with Crippen molar-refractivity contribution in [2.45, 2.75) is 302 Å². The Balaban J connectivity index is 2.71. The van der Waals surface area contributed by atoms with Gasteiger partial charge in [0.2, 0.25) is 0 Å². The van der Waals surface area contributed by atoms with E-state index < -0.39 is 67.3 Å². The summed E-state index contributed by atoms with van der Waals surface area (Å²) in [5, 5.41) is 31.5. The van der Waals surface area contributed by atoms with Crippen molar-refractivity contribution in [1.29, 1.82) is 0 Å². The Morgan fingerprint density at radius 2 is 0.857 bits per heavy atom. The third-order valence-electron chi connectivity index (χ3n) is 13.8. The first-order chi connectivity index (χ1) is 37.6. The zero-order valence-corrected chi connectivity index (χ0v) is 48.7. The van der Waals surface area contributed by atoms with Gasteiger partial charge in [-0.25, -0.2) is 4.79 Å². The molecule has 0 bridgehead atoms. The predicted molar refractivity (Wildman–Crippen MR) is 312 cm³/mol.